The molecule has 1 aromatic heterocycles. The smallest absolute Gasteiger partial charge is 0.231 e. The summed E-state index contributed by atoms with van der Waals surface area (Å²) in [4.78, 5) is 4.13. The Labute approximate surface area is 94.3 Å². The van der Waals surface area contributed by atoms with E-state index in [1.54, 1.807) is 0 Å². The predicted molar refractivity (Wildman–Crippen MR) is 57.6 cm³/mol. The third-order valence-electron chi connectivity index (χ3n) is 2.71. The summed E-state index contributed by atoms with van der Waals surface area (Å²) >= 11 is 0. The first-order valence-electron chi connectivity index (χ1n) is 5.16. The molecule has 0 spiro atoms. The van der Waals surface area contributed by atoms with Gasteiger partial charge in [0.15, 0.2) is 15.7 Å². The van der Waals surface area contributed by atoms with Crippen LogP contribution in [0.1, 0.15) is 24.6 Å². The summed E-state index contributed by atoms with van der Waals surface area (Å²) in [6.07, 6.45) is 1.16. The first-order valence-corrected chi connectivity index (χ1v) is 7.22. The molecule has 1 aliphatic rings. The van der Waals surface area contributed by atoms with E-state index in [2.05, 4.69) is 22.4 Å². The molecule has 1 N–H and O–H groups in total. The van der Waals surface area contributed by atoms with Crippen LogP contribution >= 0.6 is 0 Å². The summed E-state index contributed by atoms with van der Waals surface area (Å²) in [6, 6.07) is 0. The predicted octanol–water partition coefficient (Wildman–Crippen LogP) is -0.0629. The minimum atomic E-state index is -3.10. The molecule has 0 bridgehead atoms. The Bertz CT molecular complexity index is 468. The molecule has 90 valence electrons. The van der Waals surface area contributed by atoms with Crippen molar-refractivity contribution < 1.29 is 12.9 Å². The van der Waals surface area contributed by atoms with Gasteiger partial charge in [-0.25, -0.2) is 8.42 Å². The maximum atomic E-state index is 11.1. The second-order valence-corrected chi connectivity index (χ2v) is 6.50. The van der Waals surface area contributed by atoms with E-state index >= 15 is 0 Å². The van der Waals surface area contributed by atoms with Gasteiger partial charge in [-0.1, -0.05) is 12.1 Å². The van der Waals surface area contributed by atoms with Crippen LogP contribution in [0.5, 0.6) is 0 Å². The number of sulfone groups is 1. The van der Waals surface area contributed by atoms with Crippen LogP contribution in [0.3, 0.4) is 0 Å². The number of nitrogens with zero attached hydrogens (tertiary/aromatic N) is 2. The van der Waals surface area contributed by atoms with E-state index in [0.29, 0.717) is 11.8 Å². The Morgan fingerprint density at radius 2 is 2.25 bits per heavy atom. The second-order valence-electron chi connectivity index (χ2n) is 4.36. The van der Waals surface area contributed by atoms with Crippen LogP contribution in [0.25, 0.3) is 0 Å². The van der Waals surface area contributed by atoms with E-state index in [1.165, 1.54) is 0 Å². The largest absolute Gasteiger partial charge is 0.339 e. The Kier molecular flexibility index (Phi) is 2.98. The van der Waals surface area contributed by atoms with Gasteiger partial charge in [0.05, 0.1) is 5.92 Å². The molecular weight excluding hydrogens is 230 g/mol. The molecule has 0 saturated carbocycles. The van der Waals surface area contributed by atoms with Gasteiger partial charge >= 0.3 is 0 Å². The van der Waals surface area contributed by atoms with E-state index in [9.17, 15) is 8.42 Å². The third kappa shape index (κ3) is 2.59. The van der Waals surface area contributed by atoms with Crippen molar-refractivity contribution in [3.8, 4) is 0 Å². The minimum Gasteiger partial charge on any atom is -0.339 e. The van der Waals surface area contributed by atoms with E-state index < -0.39 is 9.84 Å². The first-order chi connectivity index (χ1) is 7.46. The highest BCUT2D eigenvalue weighted by molar-refractivity contribution is 7.89. The Balaban J connectivity index is 2.13. The fourth-order valence-electron chi connectivity index (χ4n) is 1.85. The first kappa shape index (κ1) is 11.5. The van der Waals surface area contributed by atoms with Crippen LogP contribution in [0.4, 0.5) is 0 Å². The molecule has 1 saturated heterocycles. The number of hydrogen-bond acceptors (Lipinski definition) is 6. The molecule has 16 heavy (non-hydrogen) atoms. The van der Waals surface area contributed by atoms with Crippen molar-refractivity contribution in [3.63, 3.8) is 0 Å². The quantitative estimate of drug-likeness (QED) is 0.802. The van der Waals surface area contributed by atoms with Crippen molar-refractivity contribution in [2.45, 2.75) is 18.6 Å². The number of nitrogens with one attached hydrogen (secondary N) is 1. The van der Waals surface area contributed by atoms with Gasteiger partial charge in [0.2, 0.25) is 5.89 Å². The average molecular weight is 245 g/mol. The third-order valence-corrected chi connectivity index (χ3v) is 3.49. The number of hydrogen-bond donors (Lipinski definition) is 1. The fourth-order valence-corrected chi connectivity index (χ4v) is 2.44. The standard InChI is InChI=1S/C9H15N3O3S/c1-6-3-10-4-7(6)9-11-8(12-15-9)5-16(2,13)14/h6-7,10H,3-5H2,1-2H3/t6-,7-/m1/s1. The van der Waals surface area contributed by atoms with Crippen LogP contribution in [-0.2, 0) is 15.6 Å². The van der Waals surface area contributed by atoms with Crippen LogP contribution < -0.4 is 5.32 Å². The molecule has 0 radical (unpaired) electrons. The Morgan fingerprint density at radius 3 is 2.81 bits per heavy atom. The molecule has 2 heterocycles. The van der Waals surface area contributed by atoms with Gasteiger partial charge in [0.1, 0.15) is 5.75 Å². The van der Waals surface area contributed by atoms with Gasteiger partial charge in [-0.05, 0) is 12.5 Å². The molecule has 0 aromatic carbocycles. The zero-order chi connectivity index (χ0) is 11.8. The topological polar surface area (TPSA) is 85.1 Å². The highest BCUT2D eigenvalue weighted by Gasteiger charge is 2.29. The molecule has 1 aromatic rings. The zero-order valence-electron chi connectivity index (χ0n) is 9.30. The van der Waals surface area contributed by atoms with Crippen molar-refractivity contribution >= 4 is 9.84 Å². The monoisotopic (exact) mass is 245 g/mol. The molecule has 0 aliphatic carbocycles. The van der Waals surface area contributed by atoms with Crippen LogP contribution in [-0.4, -0.2) is 37.9 Å². The fraction of sp³-hybridized carbons (Fsp3) is 0.778. The molecule has 2 rings (SSSR count). The SMILES string of the molecule is C[C@@H]1CNC[C@H]1c1nc(CS(C)(=O)=O)no1. The zero-order valence-corrected chi connectivity index (χ0v) is 10.1. The van der Waals surface area contributed by atoms with Gasteiger partial charge in [0.25, 0.3) is 0 Å². The molecule has 6 nitrogen and oxygen atoms in total. The molecule has 0 unspecified atom stereocenters. The maximum Gasteiger partial charge on any atom is 0.231 e. The van der Waals surface area contributed by atoms with Crippen molar-refractivity contribution in [1.29, 1.82) is 0 Å². The Morgan fingerprint density at radius 1 is 1.50 bits per heavy atom. The summed E-state index contributed by atoms with van der Waals surface area (Å²) in [5.74, 6) is 1.26. The minimum absolute atomic E-state index is 0.162. The highest BCUT2D eigenvalue weighted by Crippen LogP contribution is 2.26. The van der Waals surface area contributed by atoms with E-state index in [-0.39, 0.29) is 17.5 Å². The van der Waals surface area contributed by atoms with Gasteiger partial charge < -0.3 is 9.84 Å². The maximum absolute atomic E-state index is 11.1. The van der Waals surface area contributed by atoms with Crippen molar-refractivity contribution in [3.05, 3.63) is 11.7 Å². The number of aromatic nitrogens is 2. The average Bonchev–Trinajstić information content (AvgIpc) is 2.71. The van der Waals surface area contributed by atoms with E-state index in [4.69, 9.17) is 4.52 Å². The molecular formula is C9H15N3O3S. The van der Waals surface area contributed by atoms with Crippen molar-refractivity contribution in [2.75, 3.05) is 19.3 Å². The highest BCUT2D eigenvalue weighted by atomic mass is 32.2. The normalized spacial score (nSPS) is 26.1. The number of rotatable bonds is 3. The van der Waals surface area contributed by atoms with E-state index in [1.807, 2.05) is 0 Å². The molecule has 0 amide bonds. The molecule has 1 fully saturated rings. The molecule has 2 atom stereocenters. The molecule has 7 heteroatoms. The lowest BCUT2D eigenvalue weighted by atomic mass is 9.98. The van der Waals surface area contributed by atoms with Gasteiger partial charge in [-0.15, -0.1) is 0 Å². The second kappa shape index (κ2) is 4.14. The summed E-state index contributed by atoms with van der Waals surface area (Å²) in [7, 11) is -3.10. The summed E-state index contributed by atoms with van der Waals surface area (Å²) in [6.45, 7) is 3.83. The van der Waals surface area contributed by atoms with Crippen molar-refractivity contribution in [1.82, 2.24) is 15.5 Å². The summed E-state index contributed by atoms with van der Waals surface area (Å²) in [5, 5.41) is 6.92. The Hall–Kier alpha value is -0.950. The molecule has 1 aliphatic heterocycles. The lowest BCUT2D eigenvalue weighted by Gasteiger charge is -2.07. The van der Waals surface area contributed by atoms with Crippen LogP contribution in [0, 0.1) is 5.92 Å². The van der Waals surface area contributed by atoms with Crippen LogP contribution in [0.15, 0.2) is 4.52 Å². The summed E-state index contributed by atoms with van der Waals surface area (Å²) in [5.41, 5.74) is 0. The van der Waals surface area contributed by atoms with E-state index in [0.717, 1.165) is 19.3 Å². The van der Waals surface area contributed by atoms with Gasteiger partial charge in [0, 0.05) is 12.8 Å². The van der Waals surface area contributed by atoms with Crippen molar-refractivity contribution in [2.24, 2.45) is 5.92 Å². The summed E-state index contributed by atoms with van der Waals surface area (Å²) < 4.78 is 27.2. The van der Waals surface area contributed by atoms with Crippen LogP contribution in [0.2, 0.25) is 0 Å². The van der Waals surface area contributed by atoms with Gasteiger partial charge in [-0.2, -0.15) is 4.98 Å². The lowest BCUT2D eigenvalue weighted by molar-refractivity contribution is 0.337. The lowest BCUT2D eigenvalue weighted by Crippen LogP contribution is -2.09. The van der Waals surface area contributed by atoms with Gasteiger partial charge in [-0.3, -0.25) is 0 Å².